The van der Waals surface area contributed by atoms with E-state index in [1.807, 2.05) is 0 Å². The fourth-order valence-corrected chi connectivity index (χ4v) is 3.80. The molecule has 0 spiro atoms. The lowest BCUT2D eigenvalue weighted by molar-refractivity contribution is -0.141. The van der Waals surface area contributed by atoms with Crippen LogP contribution in [0.15, 0.2) is 46.2 Å². The van der Waals surface area contributed by atoms with Crippen LogP contribution >= 0.6 is 0 Å². The number of halogens is 3. The van der Waals surface area contributed by atoms with Crippen molar-refractivity contribution in [2.75, 3.05) is 0 Å². The Kier molecular flexibility index (Phi) is 5.05. The normalized spacial score (nSPS) is 12.4. The molecule has 144 valence electrons. The summed E-state index contributed by atoms with van der Waals surface area (Å²) in [6, 6.07) is 8.13. The largest absolute Gasteiger partial charge is 0.406 e. The van der Waals surface area contributed by atoms with E-state index in [0.29, 0.717) is 16.6 Å². The summed E-state index contributed by atoms with van der Waals surface area (Å²) in [5, 5.41) is 2.85. The minimum Gasteiger partial charge on any atom is -0.339 e. The second kappa shape index (κ2) is 7.14. The molecule has 0 saturated heterocycles. The fourth-order valence-electron chi connectivity index (χ4n) is 2.51. The van der Waals surface area contributed by atoms with Crippen LogP contribution in [0.1, 0.15) is 18.6 Å². The number of hydrogen-bond acceptors (Lipinski definition) is 6. The SMILES string of the molecule is CCc1nc(CS(=O)(=O)c2ncc(-c3ccccc3)n2CC(F)(F)F)no1. The van der Waals surface area contributed by atoms with Gasteiger partial charge in [0, 0.05) is 6.42 Å². The maximum atomic E-state index is 13.1. The predicted molar refractivity (Wildman–Crippen MR) is 88.3 cm³/mol. The lowest BCUT2D eigenvalue weighted by Gasteiger charge is -2.14. The monoisotopic (exact) mass is 400 g/mol. The van der Waals surface area contributed by atoms with Crippen LogP contribution in [0, 0.1) is 0 Å². The quantitative estimate of drug-likeness (QED) is 0.632. The van der Waals surface area contributed by atoms with Crippen molar-refractivity contribution < 1.29 is 26.1 Å². The Morgan fingerprint density at radius 3 is 2.48 bits per heavy atom. The minimum absolute atomic E-state index is 0.0499. The van der Waals surface area contributed by atoms with Gasteiger partial charge in [-0.3, -0.25) is 0 Å². The van der Waals surface area contributed by atoms with Gasteiger partial charge < -0.3 is 9.09 Å². The molecular formula is C16H15F3N4O3S. The number of rotatable bonds is 6. The summed E-state index contributed by atoms with van der Waals surface area (Å²) >= 11 is 0. The summed E-state index contributed by atoms with van der Waals surface area (Å²) in [6.45, 7) is 0.256. The van der Waals surface area contributed by atoms with Gasteiger partial charge in [0.25, 0.3) is 0 Å². The van der Waals surface area contributed by atoms with Gasteiger partial charge in [0.15, 0.2) is 5.82 Å². The maximum absolute atomic E-state index is 13.1. The molecule has 0 radical (unpaired) electrons. The summed E-state index contributed by atoms with van der Waals surface area (Å²) < 4.78 is 70.1. The molecule has 0 amide bonds. The van der Waals surface area contributed by atoms with Gasteiger partial charge in [0.05, 0.1) is 11.9 Å². The number of sulfone groups is 1. The Morgan fingerprint density at radius 1 is 1.19 bits per heavy atom. The van der Waals surface area contributed by atoms with Crippen molar-refractivity contribution in [1.82, 2.24) is 19.7 Å². The van der Waals surface area contributed by atoms with Crippen molar-refractivity contribution in [3.05, 3.63) is 48.2 Å². The number of alkyl halides is 3. The summed E-state index contributed by atoms with van der Waals surface area (Å²) in [6.07, 6.45) is -3.11. The Hall–Kier alpha value is -2.69. The zero-order valence-corrected chi connectivity index (χ0v) is 15.0. The van der Waals surface area contributed by atoms with Crippen LogP contribution in [0.5, 0.6) is 0 Å². The van der Waals surface area contributed by atoms with Crippen LogP contribution in [0.25, 0.3) is 11.3 Å². The molecule has 0 fully saturated rings. The first-order chi connectivity index (χ1) is 12.7. The topological polar surface area (TPSA) is 90.9 Å². The average molecular weight is 400 g/mol. The summed E-state index contributed by atoms with van der Waals surface area (Å²) in [7, 11) is -4.23. The van der Waals surface area contributed by atoms with Crippen molar-refractivity contribution in [2.24, 2.45) is 0 Å². The zero-order valence-electron chi connectivity index (χ0n) is 14.1. The smallest absolute Gasteiger partial charge is 0.339 e. The van der Waals surface area contributed by atoms with E-state index in [-0.39, 0.29) is 17.4 Å². The van der Waals surface area contributed by atoms with E-state index in [4.69, 9.17) is 4.52 Å². The van der Waals surface area contributed by atoms with Gasteiger partial charge in [-0.15, -0.1) is 0 Å². The molecule has 0 saturated carbocycles. The van der Waals surface area contributed by atoms with E-state index in [9.17, 15) is 21.6 Å². The lowest BCUT2D eigenvalue weighted by atomic mass is 10.2. The van der Waals surface area contributed by atoms with Gasteiger partial charge >= 0.3 is 6.18 Å². The highest BCUT2D eigenvalue weighted by Crippen LogP contribution is 2.28. The third-order valence-electron chi connectivity index (χ3n) is 3.64. The average Bonchev–Trinajstić information content (AvgIpc) is 3.21. The summed E-state index contributed by atoms with van der Waals surface area (Å²) in [5.41, 5.74) is 0.470. The molecule has 0 aliphatic rings. The number of hydrogen-bond donors (Lipinski definition) is 0. The third-order valence-corrected chi connectivity index (χ3v) is 5.16. The predicted octanol–water partition coefficient (Wildman–Crippen LogP) is 3.03. The van der Waals surface area contributed by atoms with E-state index in [1.165, 1.54) is 0 Å². The highest BCUT2D eigenvalue weighted by Gasteiger charge is 2.34. The van der Waals surface area contributed by atoms with E-state index in [2.05, 4.69) is 15.1 Å². The highest BCUT2D eigenvalue weighted by molar-refractivity contribution is 7.90. The molecule has 2 aromatic heterocycles. The molecule has 11 heteroatoms. The standard InChI is InChI=1S/C16H15F3N4O3S/c1-2-14-21-13(22-26-14)9-27(24,25)15-20-8-12(11-6-4-3-5-7-11)23(15)10-16(17,18)19/h3-8H,2,9-10H2,1H3. The van der Waals surface area contributed by atoms with Crippen molar-refractivity contribution in [3.63, 3.8) is 0 Å². The zero-order chi connectivity index (χ0) is 19.7. The van der Waals surface area contributed by atoms with E-state index in [0.717, 1.165) is 6.20 Å². The van der Waals surface area contributed by atoms with Crippen LogP contribution < -0.4 is 0 Å². The first kappa shape index (κ1) is 19.1. The second-order valence-corrected chi connectivity index (χ2v) is 7.59. The molecule has 3 aromatic rings. The minimum atomic E-state index is -4.63. The second-order valence-electron chi connectivity index (χ2n) is 5.71. The van der Waals surface area contributed by atoms with Gasteiger partial charge in [-0.2, -0.15) is 18.2 Å². The van der Waals surface area contributed by atoms with Crippen molar-refractivity contribution in [2.45, 2.75) is 37.0 Å². The van der Waals surface area contributed by atoms with Crippen molar-refractivity contribution in [1.29, 1.82) is 0 Å². The van der Waals surface area contributed by atoms with Gasteiger partial charge in [0.1, 0.15) is 12.3 Å². The van der Waals surface area contributed by atoms with E-state index < -0.39 is 33.5 Å². The summed E-state index contributed by atoms with van der Waals surface area (Å²) in [4.78, 5) is 7.65. The van der Waals surface area contributed by atoms with Crippen molar-refractivity contribution in [3.8, 4) is 11.3 Å². The van der Waals surface area contributed by atoms with Gasteiger partial charge in [-0.25, -0.2) is 13.4 Å². The Bertz CT molecular complexity index is 1030. The molecular weight excluding hydrogens is 385 g/mol. The first-order valence-electron chi connectivity index (χ1n) is 7.91. The van der Waals surface area contributed by atoms with Crippen LogP contribution in [0.4, 0.5) is 13.2 Å². The number of aromatic nitrogens is 4. The number of nitrogens with zero attached hydrogens (tertiary/aromatic N) is 4. The first-order valence-corrected chi connectivity index (χ1v) is 9.57. The summed E-state index contributed by atoms with van der Waals surface area (Å²) in [5.74, 6) is -0.599. The highest BCUT2D eigenvalue weighted by atomic mass is 32.2. The number of aryl methyl sites for hydroxylation is 1. The van der Waals surface area contributed by atoms with Crippen LogP contribution in [-0.4, -0.2) is 34.3 Å². The third kappa shape index (κ3) is 4.35. The Labute approximate surface area is 152 Å². The van der Waals surface area contributed by atoms with Crippen LogP contribution in [0.3, 0.4) is 0 Å². The fraction of sp³-hybridized carbons (Fsp3) is 0.312. The molecule has 0 bridgehead atoms. The van der Waals surface area contributed by atoms with Crippen molar-refractivity contribution >= 4 is 9.84 Å². The molecule has 3 rings (SSSR count). The van der Waals surface area contributed by atoms with Gasteiger partial charge in [-0.1, -0.05) is 42.4 Å². The molecule has 0 aliphatic heterocycles. The number of benzene rings is 1. The lowest BCUT2D eigenvalue weighted by Crippen LogP contribution is -2.22. The van der Waals surface area contributed by atoms with Gasteiger partial charge in [0.2, 0.25) is 20.9 Å². The molecule has 27 heavy (non-hydrogen) atoms. The van der Waals surface area contributed by atoms with Crippen LogP contribution in [-0.2, 0) is 28.6 Å². The Balaban J connectivity index is 2.04. The van der Waals surface area contributed by atoms with E-state index >= 15 is 0 Å². The Morgan fingerprint density at radius 2 is 1.89 bits per heavy atom. The molecule has 0 atom stereocenters. The van der Waals surface area contributed by atoms with Gasteiger partial charge in [-0.05, 0) is 5.56 Å². The molecule has 0 aliphatic carbocycles. The van der Waals surface area contributed by atoms with Crippen LogP contribution in [0.2, 0.25) is 0 Å². The maximum Gasteiger partial charge on any atom is 0.406 e. The molecule has 0 unspecified atom stereocenters. The number of imidazole rings is 1. The molecule has 1 aromatic carbocycles. The molecule has 0 N–H and O–H groups in total. The molecule has 7 nitrogen and oxygen atoms in total. The van der Waals surface area contributed by atoms with E-state index in [1.54, 1.807) is 37.3 Å². The molecule has 2 heterocycles.